The second-order valence-corrected chi connectivity index (χ2v) is 6.44. The van der Waals surface area contributed by atoms with Gasteiger partial charge in [-0.3, -0.25) is 4.79 Å². The van der Waals surface area contributed by atoms with Crippen molar-refractivity contribution >= 4 is 5.91 Å². The minimum Gasteiger partial charge on any atom is -0.493 e. The van der Waals surface area contributed by atoms with Crippen molar-refractivity contribution in [3.05, 3.63) is 23.8 Å². The summed E-state index contributed by atoms with van der Waals surface area (Å²) in [7, 11) is 1.60. The Morgan fingerprint density at radius 3 is 2.48 bits per heavy atom. The molecule has 0 aromatic heterocycles. The first-order chi connectivity index (χ1) is 10.7. The molecule has 23 heavy (non-hydrogen) atoms. The maximum atomic E-state index is 12.3. The van der Waals surface area contributed by atoms with Crippen LogP contribution in [0, 0.1) is 0 Å². The zero-order valence-corrected chi connectivity index (χ0v) is 15.1. The van der Waals surface area contributed by atoms with E-state index in [2.05, 4.69) is 5.32 Å². The normalized spacial score (nSPS) is 15.0. The van der Waals surface area contributed by atoms with Crippen LogP contribution in [0.25, 0.3) is 0 Å². The number of methoxy groups -OCH3 is 1. The number of carbonyl (C=O) groups is 1. The Bertz CT molecular complexity index is 527. The molecule has 1 rings (SSSR count). The van der Waals surface area contributed by atoms with Crippen LogP contribution < -0.4 is 20.5 Å². The molecule has 0 aliphatic heterocycles. The van der Waals surface area contributed by atoms with Crippen LogP contribution in [-0.2, 0) is 4.79 Å². The maximum Gasteiger partial charge on any atom is 0.240 e. The van der Waals surface area contributed by atoms with Crippen LogP contribution in [0.3, 0.4) is 0 Å². The summed E-state index contributed by atoms with van der Waals surface area (Å²) in [6, 6.07) is 5.52. The van der Waals surface area contributed by atoms with Crippen molar-refractivity contribution in [3.63, 3.8) is 0 Å². The van der Waals surface area contributed by atoms with Gasteiger partial charge in [-0.15, -0.1) is 0 Å². The lowest BCUT2D eigenvalue weighted by Crippen LogP contribution is -2.52. The van der Waals surface area contributed by atoms with Crippen LogP contribution in [0.2, 0.25) is 0 Å². The standard InChI is InChI=1S/C18H30N2O3/c1-7-10-18(5,19)17(21)20-13(4)14-8-9-15(23-12(2)3)16(11-14)22-6/h8-9,11-13H,7,10,19H2,1-6H3,(H,20,21). The van der Waals surface area contributed by atoms with Crippen molar-refractivity contribution in [2.45, 2.75) is 65.1 Å². The van der Waals surface area contributed by atoms with Crippen molar-refractivity contribution in [1.29, 1.82) is 0 Å². The number of carbonyl (C=O) groups excluding carboxylic acids is 1. The summed E-state index contributed by atoms with van der Waals surface area (Å²) in [6.45, 7) is 9.63. The van der Waals surface area contributed by atoms with E-state index in [4.69, 9.17) is 15.2 Å². The molecular weight excluding hydrogens is 292 g/mol. The third-order valence-corrected chi connectivity index (χ3v) is 3.69. The van der Waals surface area contributed by atoms with Crippen LogP contribution in [-0.4, -0.2) is 24.7 Å². The summed E-state index contributed by atoms with van der Waals surface area (Å²) in [5.74, 6) is 1.20. The highest BCUT2D eigenvalue weighted by Crippen LogP contribution is 2.31. The van der Waals surface area contributed by atoms with Gasteiger partial charge in [0, 0.05) is 0 Å². The van der Waals surface area contributed by atoms with Gasteiger partial charge in [-0.25, -0.2) is 0 Å². The van der Waals surface area contributed by atoms with Gasteiger partial charge >= 0.3 is 0 Å². The van der Waals surface area contributed by atoms with E-state index in [1.54, 1.807) is 14.0 Å². The first kappa shape index (κ1) is 19.3. The van der Waals surface area contributed by atoms with E-state index >= 15 is 0 Å². The van der Waals surface area contributed by atoms with Gasteiger partial charge in [-0.2, -0.15) is 0 Å². The SMILES string of the molecule is CCCC(C)(N)C(=O)NC(C)c1ccc(OC(C)C)c(OC)c1. The molecule has 1 aromatic carbocycles. The van der Waals surface area contributed by atoms with E-state index in [9.17, 15) is 4.79 Å². The molecule has 2 atom stereocenters. The van der Waals surface area contributed by atoms with Gasteiger partial charge in [0.1, 0.15) is 0 Å². The van der Waals surface area contributed by atoms with Crippen LogP contribution in [0.15, 0.2) is 18.2 Å². The molecule has 0 saturated carbocycles. The van der Waals surface area contributed by atoms with Crippen molar-refractivity contribution < 1.29 is 14.3 Å². The van der Waals surface area contributed by atoms with Gasteiger partial charge in [-0.1, -0.05) is 19.4 Å². The Morgan fingerprint density at radius 1 is 1.30 bits per heavy atom. The van der Waals surface area contributed by atoms with E-state index in [-0.39, 0.29) is 18.1 Å². The Morgan fingerprint density at radius 2 is 1.96 bits per heavy atom. The minimum absolute atomic E-state index is 0.0684. The molecule has 2 unspecified atom stereocenters. The number of nitrogens with two attached hydrogens (primary N) is 1. The van der Waals surface area contributed by atoms with Gasteiger partial charge in [0.2, 0.25) is 5.91 Å². The number of rotatable bonds is 8. The van der Waals surface area contributed by atoms with Gasteiger partial charge in [0.05, 0.1) is 24.8 Å². The lowest BCUT2D eigenvalue weighted by molar-refractivity contribution is -0.126. The molecule has 1 aromatic rings. The molecular formula is C18H30N2O3. The largest absolute Gasteiger partial charge is 0.493 e. The molecule has 5 heteroatoms. The van der Waals surface area contributed by atoms with Crippen molar-refractivity contribution in [1.82, 2.24) is 5.32 Å². The Labute approximate surface area is 139 Å². The van der Waals surface area contributed by atoms with Gasteiger partial charge in [0.15, 0.2) is 11.5 Å². The molecule has 3 N–H and O–H groups in total. The average molecular weight is 322 g/mol. The first-order valence-corrected chi connectivity index (χ1v) is 8.15. The molecule has 0 fully saturated rings. The zero-order valence-electron chi connectivity index (χ0n) is 15.1. The maximum absolute atomic E-state index is 12.3. The molecule has 0 bridgehead atoms. The summed E-state index contributed by atoms with van der Waals surface area (Å²) in [4.78, 5) is 12.3. The number of amides is 1. The zero-order chi connectivity index (χ0) is 17.6. The molecule has 0 radical (unpaired) electrons. The van der Waals surface area contributed by atoms with E-state index in [1.165, 1.54) is 0 Å². The fourth-order valence-electron chi connectivity index (χ4n) is 2.38. The van der Waals surface area contributed by atoms with Gasteiger partial charge in [0.25, 0.3) is 0 Å². The summed E-state index contributed by atoms with van der Waals surface area (Å²) in [6.07, 6.45) is 1.58. The fourth-order valence-corrected chi connectivity index (χ4v) is 2.38. The van der Waals surface area contributed by atoms with Crippen LogP contribution >= 0.6 is 0 Å². The number of nitrogens with one attached hydrogen (secondary N) is 1. The van der Waals surface area contributed by atoms with E-state index in [0.29, 0.717) is 17.9 Å². The Balaban J connectivity index is 2.88. The number of benzene rings is 1. The highest BCUT2D eigenvalue weighted by Gasteiger charge is 2.28. The summed E-state index contributed by atoms with van der Waals surface area (Å²) >= 11 is 0. The van der Waals surface area contributed by atoms with E-state index in [1.807, 2.05) is 45.9 Å². The van der Waals surface area contributed by atoms with Crippen molar-refractivity contribution in [3.8, 4) is 11.5 Å². The first-order valence-electron chi connectivity index (χ1n) is 8.15. The Kier molecular flexibility index (Phi) is 6.88. The van der Waals surface area contributed by atoms with Crippen LogP contribution in [0.1, 0.15) is 59.1 Å². The molecule has 0 aliphatic rings. The quantitative estimate of drug-likeness (QED) is 0.771. The molecule has 0 spiro atoms. The summed E-state index contributed by atoms with van der Waals surface area (Å²) in [5.41, 5.74) is 6.17. The lowest BCUT2D eigenvalue weighted by Gasteiger charge is -2.26. The van der Waals surface area contributed by atoms with Gasteiger partial charge < -0.3 is 20.5 Å². The molecule has 0 aliphatic carbocycles. The predicted octanol–water partition coefficient (Wildman–Crippen LogP) is 3.18. The lowest BCUT2D eigenvalue weighted by atomic mass is 9.95. The third kappa shape index (κ3) is 5.43. The van der Waals surface area contributed by atoms with Gasteiger partial charge in [-0.05, 0) is 51.8 Å². The second-order valence-electron chi connectivity index (χ2n) is 6.44. The smallest absolute Gasteiger partial charge is 0.240 e. The Hall–Kier alpha value is -1.75. The minimum atomic E-state index is -0.853. The number of hydrogen-bond donors (Lipinski definition) is 2. The topological polar surface area (TPSA) is 73.6 Å². The molecule has 0 saturated heterocycles. The number of hydrogen-bond acceptors (Lipinski definition) is 4. The number of ether oxygens (including phenoxy) is 2. The highest BCUT2D eigenvalue weighted by molar-refractivity contribution is 5.85. The van der Waals surface area contributed by atoms with Crippen LogP contribution in [0.5, 0.6) is 11.5 Å². The van der Waals surface area contributed by atoms with E-state index in [0.717, 1.165) is 12.0 Å². The summed E-state index contributed by atoms with van der Waals surface area (Å²) < 4.78 is 11.1. The fraction of sp³-hybridized carbons (Fsp3) is 0.611. The molecule has 0 heterocycles. The average Bonchev–Trinajstić information content (AvgIpc) is 2.46. The van der Waals surface area contributed by atoms with Crippen LogP contribution in [0.4, 0.5) is 0 Å². The van der Waals surface area contributed by atoms with E-state index < -0.39 is 5.54 Å². The molecule has 130 valence electrons. The van der Waals surface area contributed by atoms with Crippen molar-refractivity contribution in [2.75, 3.05) is 7.11 Å². The second kappa shape index (κ2) is 8.20. The molecule has 1 amide bonds. The summed E-state index contributed by atoms with van der Waals surface area (Å²) in [5, 5.41) is 2.97. The van der Waals surface area contributed by atoms with Crippen molar-refractivity contribution in [2.24, 2.45) is 5.73 Å². The predicted molar refractivity (Wildman–Crippen MR) is 92.8 cm³/mol. The molecule has 5 nitrogen and oxygen atoms in total. The third-order valence-electron chi connectivity index (χ3n) is 3.69. The monoisotopic (exact) mass is 322 g/mol. The highest BCUT2D eigenvalue weighted by atomic mass is 16.5.